The molecule has 0 radical (unpaired) electrons. The lowest BCUT2D eigenvalue weighted by Gasteiger charge is -2.47. The largest absolute Gasteiger partial charge is 0.457 e. The van der Waals surface area contributed by atoms with E-state index in [0.29, 0.717) is 5.92 Å². The smallest absolute Gasteiger partial charge is 0.127 e. The highest BCUT2D eigenvalue weighted by Crippen LogP contribution is 2.33. The Morgan fingerprint density at radius 2 is 1.80 bits per heavy atom. The molecule has 4 nitrogen and oxygen atoms in total. The lowest BCUT2D eigenvalue weighted by molar-refractivity contribution is -0.0899. The fourth-order valence-electron chi connectivity index (χ4n) is 3.98. The Labute approximate surface area is 149 Å². The molecule has 2 atom stereocenters. The number of nitrogens with one attached hydrogen (secondary N) is 1. The number of fused-ring (bicyclic) bond motifs is 1. The molecular formula is C21H26N2O2. The first-order chi connectivity index (χ1) is 12.2. The van der Waals surface area contributed by atoms with Gasteiger partial charge in [0.15, 0.2) is 0 Å². The molecule has 0 bridgehead atoms. The highest BCUT2D eigenvalue weighted by molar-refractivity contribution is 5.33. The second-order valence-corrected chi connectivity index (χ2v) is 7.30. The van der Waals surface area contributed by atoms with Gasteiger partial charge in [-0.15, -0.1) is 0 Å². The molecule has 2 fully saturated rings. The van der Waals surface area contributed by atoms with Crippen LogP contribution in [0.3, 0.4) is 0 Å². The van der Waals surface area contributed by atoms with E-state index in [2.05, 4.69) is 22.3 Å². The van der Waals surface area contributed by atoms with Gasteiger partial charge in [0, 0.05) is 32.1 Å². The second-order valence-electron chi connectivity index (χ2n) is 7.30. The van der Waals surface area contributed by atoms with E-state index >= 15 is 0 Å². The molecule has 0 unspecified atom stereocenters. The number of piperidine rings is 2. The van der Waals surface area contributed by atoms with E-state index in [1.165, 1.54) is 5.56 Å². The van der Waals surface area contributed by atoms with Crippen LogP contribution in [0, 0.1) is 5.92 Å². The average Bonchev–Trinajstić information content (AvgIpc) is 2.64. The quantitative estimate of drug-likeness (QED) is 0.899. The van der Waals surface area contributed by atoms with Crippen LogP contribution in [0.25, 0.3) is 0 Å². The predicted octanol–water partition coefficient (Wildman–Crippen LogP) is 3.03. The van der Waals surface area contributed by atoms with Crippen molar-refractivity contribution < 1.29 is 9.84 Å². The van der Waals surface area contributed by atoms with Gasteiger partial charge >= 0.3 is 0 Å². The van der Waals surface area contributed by atoms with E-state index in [4.69, 9.17) is 4.74 Å². The van der Waals surface area contributed by atoms with Crippen LogP contribution in [0.4, 0.5) is 0 Å². The number of aliphatic hydroxyl groups is 1. The fraction of sp³-hybridized carbons (Fsp3) is 0.429. The van der Waals surface area contributed by atoms with E-state index in [-0.39, 0.29) is 0 Å². The summed E-state index contributed by atoms with van der Waals surface area (Å²) in [4.78, 5) is 2.46. The van der Waals surface area contributed by atoms with Crippen molar-refractivity contribution in [2.45, 2.75) is 25.0 Å². The number of ether oxygens (including phenoxy) is 1. The Bertz CT molecular complexity index is 689. The molecule has 2 saturated heterocycles. The van der Waals surface area contributed by atoms with Crippen molar-refractivity contribution in [2.24, 2.45) is 5.92 Å². The lowest BCUT2D eigenvalue weighted by atomic mass is 9.76. The molecule has 2 aliphatic heterocycles. The highest BCUT2D eigenvalue weighted by atomic mass is 16.5. The molecule has 25 heavy (non-hydrogen) atoms. The first-order valence-corrected chi connectivity index (χ1v) is 9.19. The van der Waals surface area contributed by atoms with Crippen molar-refractivity contribution in [1.82, 2.24) is 10.2 Å². The molecule has 0 saturated carbocycles. The molecule has 2 aliphatic rings. The molecule has 4 rings (SSSR count). The van der Waals surface area contributed by atoms with Gasteiger partial charge in [-0.05, 0) is 49.2 Å². The minimum absolute atomic E-state index is 0.343. The minimum Gasteiger partial charge on any atom is -0.457 e. The topological polar surface area (TPSA) is 44.7 Å². The molecule has 2 aromatic rings. The van der Waals surface area contributed by atoms with Gasteiger partial charge in [0.1, 0.15) is 11.5 Å². The molecule has 0 amide bonds. The van der Waals surface area contributed by atoms with Gasteiger partial charge in [0.2, 0.25) is 0 Å². The summed E-state index contributed by atoms with van der Waals surface area (Å²) < 4.78 is 5.85. The number of hydrogen-bond acceptors (Lipinski definition) is 4. The van der Waals surface area contributed by atoms with Crippen LogP contribution in [-0.4, -0.2) is 41.8 Å². The van der Waals surface area contributed by atoms with Crippen LogP contribution in [-0.2, 0) is 6.54 Å². The number of benzene rings is 2. The maximum absolute atomic E-state index is 10.8. The van der Waals surface area contributed by atoms with Gasteiger partial charge in [-0.2, -0.15) is 0 Å². The number of hydrogen-bond donors (Lipinski definition) is 2. The molecule has 2 aromatic carbocycles. The molecule has 4 heteroatoms. The summed E-state index contributed by atoms with van der Waals surface area (Å²) in [6.07, 6.45) is 1.77. The van der Waals surface area contributed by atoms with Crippen LogP contribution in [0.15, 0.2) is 54.6 Å². The summed E-state index contributed by atoms with van der Waals surface area (Å²) in [6, 6.07) is 18.2. The zero-order chi connectivity index (χ0) is 17.1. The lowest BCUT2D eigenvalue weighted by Crippen LogP contribution is -2.58. The van der Waals surface area contributed by atoms with Crippen molar-refractivity contribution >= 4 is 0 Å². The number of nitrogens with zero attached hydrogens (tertiary/aromatic N) is 1. The predicted molar refractivity (Wildman–Crippen MR) is 98.8 cm³/mol. The van der Waals surface area contributed by atoms with E-state index in [1.807, 2.05) is 42.5 Å². The molecule has 0 spiro atoms. The van der Waals surface area contributed by atoms with Crippen LogP contribution in [0.2, 0.25) is 0 Å². The number of rotatable bonds is 4. The van der Waals surface area contributed by atoms with E-state index in [0.717, 1.165) is 57.1 Å². The Kier molecular flexibility index (Phi) is 4.75. The third-order valence-electron chi connectivity index (χ3n) is 5.53. The van der Waals surface area contributed by atoms with Crippen LogP contribution >= 0.6 is 0 Å². The molecule has 2 N–H and O–H groups in total. The van der Waals surface area contributed by atoms with Crippen molar-refractivity contribution in [3.05, 3.63) is 60.2 Å². The highest BCUT2D eigenvalue weighted by Gasteiger charge is 2.42. The van der Waals surface area contributed by atoms with Crippen molar-refractivity contribution in [2.75, 3.05) is 26.2 Å². The van der Waals surface area contributed by atoms with Crippen LogP contribution in [0.1, 0.15) is 18.4 Å². The molecular weight excluding hydrogens is 312 g/mol. The van der Waals surface area contributed by atoms with Gasteiger partial charge in [-0.1, -0.05) is 30.3 Å². The molecule has 2 heterocycles. The standard InChI is InChI=1S/C21H26N2O2/c24-21-10-12-22-14-18(21)16-23(13-11-21)15-17-6-8-20(9-7-17)25-19-4-2-1-3-5-19/h1-9,18,22,24H,10-16H2/t18-,21-/m0/s1. The molecule has 0 aromatic heterocycles. The van der Waals surface area contributed by atoms with Crippen LogP contribution in [0.5, 0.6) is 11.5 Å². The second kappa shape index (κ2) is 7.16. The monoisotopic (exact) mass is 338 g/mol. The summed E-state index contributed by atoms with van der Waals surface area (Å²) in [5.41, 5.74) is 0.837. The SMILES string of the molecule is O[C@]12CCNC[C@H]1CN(Cc1ccc(Oc3ccccc3)cc1)CC2. The summed E-state index contributed by atoms with van der Waals surface area (Å²) >= 11 is 0. The maximum Gasteiger partial charge on any atom is 0.127 e. The Hall–Kier alpha value is -1.88. The zero-order valence-corrected chi connectivity index (χ0v) is 14.5. The first kappa shape index (κ1) is 16.6. The van der Waals surface area contributed by atoms with Gasteiger partial charge < -0.3 is 15.2 Å². The summed E-state index contributed by atoms with van der Waals surface area (Å²) in [6.45, 7) is 4.73. The van der Waals surface area contributed by atoms with Crippen molar-refractivity contribution in [3.8, 4) is 11.5 Å². The van der Waals surface area contributed by atoms with Crippen molar-refractivity contribution in [1.29, 1.82) is 0 Å². The number of likely N-dealkylation sites (tertiary alicyclic amines) is 1. The zero-order valence-electron chi connectivity index (χ0n) is 14.5. The minimum atomic E-state index is -0.449. The maximum atomic E-state index is 10.8. The van der Waals surface area contributed by atoms with E-state index < -0.39 is 5.60 Å². The fourth-order valence-corrected chi connectivity index (χ4v) is 3.98. The number of para-hydroxylation sites is 1. The van der Waals surface area contributed by atoms with E-state index in [9.17, 15) is 5.11 Å². The Morgan fingerprint density at radius 1 is 1.04 bits per heavy atom. The van der Waals surface area contributed by atoms with Crippen molar-refractivity contribution in [3.63, 3.8) is 0 Å². The van der Waals surface area contributed by atoms with Gasteiger partial charge in [0.05, 0.1) is 5.60 Å². The van der Waals surface area contributed by atoms with E-state index in [1.54, 1.807) is 0 Å². The van der Waals surface area contributed by atoms with Gasteiger partial charge in [-0.3, -0.25) is 4.90 Å². The summed E-state index contributed by atoms with van der Waals surface area (Å²) in [7, 11) is 0. The molecule has 132 valence electrons. The molecule has 0 aliphatic carbocycles. The first-order valence-electron chi connectivity index (χ1n) is 9.19. The Balaban J connectivity index is 1.35. The van der Waals surface area contributed by atoms with Crippen LogP contribution < -0.4 is 10.1 Å². The summed E-state index contributed by atoms with van der Waals surface area (Å²) in [5.74, 6) is 2.06. The van der Waals surface area contributed by atoms with Gasteiger partial charge in [0.25, 0.3) is 0 Å². The van der Waals surface area contributed by atoms with Gasteiger partial charge in [-0.25, -0.2) is 0 Å². The summed E-state index contributed by atoms with van der Waals surface area (Å²) in [5, 5.41) is 14.2. The third kappa shape index (κ3) is 3.87. The Morgan fingerprint density at radius 3 is 2.60 bits per heavy atom. The average molecular weight is 338 g/mol. The third-order valence-corrected chi connectivity index (χ3v) is 5.53. The normalized spacial score (nSPS) is 26.8.